The Kier molecular flexibility index (Phi) is 3.64. The lowest BCUT2D eigenvalue weighted by atomic mass is 10.0. The van der Waals surface area contributed by atoms with Gasteiger partial charge in [0, 0.05) is 11.6 Å². The molecule has 0 aromatic heterocycles. The molecule has 0 amide bonds. The first-order chi connectivity index (χ1) is 6.43. The summed E-state index contributed by atoms with van der Waals surface area (Å²) in [4.78, 5) is 0. The van der Waals surface area contributed by atoms with Crippen molar-refractivity contribution in [3.63, 3.8) is 0 Å². The van der Waals surface area contributed by atoms with E-state index in [1.807, 2.05) is 6.92 Å². The molecular weight excluding hydrogens is 249 g/mol. The van der Waals surface area contributed by atoms with Crippen LogP contribution in [0.2, 0.25) is 0 Å². The SMILES string of the molecule is Cc1cc(Br)c(F)c(C(O)C(C)N)c1. The molecular formula is C10H13BrFNO. The molecule has 0 fully saturated rings. The Balaban J connectivity index is 3.20. The van der Waals surface area contributed by atoms with Crippen molar-refractivity contribution >= 4 is 15.9 Å². The van der Waals surface area contributed by atoms with Gasteiger partial charge < -0.3 is 10.8 Å². The van der Waals surface area contributed by atoms with Crippen molar-refractivity contribution in [2.45, 2.75) is 26.0 Å². The smallest absolute Gasteiger partial charge is 0.143 e. The first-order valence-corrected chi connectivity index (χ1v) is 5.12. The molecule has 2 unspecified atom stereocenters. The summed E-state index contributed by atoms with van der Waals surface area (Å²) in [7, 11) is 0. The Labute approximate surface area is 91.1 Å². The molecule has 2 atom stereocenters. The van der Waals surface area contributed by atoms with E-state index in [-0.39, 0.29) is 5.56 Å². The largest absolute Gasteiger partial charge is 0.387 e. The number of nitrogens with two attached hydrogens (primary N) is 1. The lowest BCUT2D eigenvalue weighted by Crippen LogP contribution is -2.25. The first-order valence-electron chi connectivity index (χ1n) is 4.32. The van der Waals surface area contributed by atoms with E-state index in [4.69, 9.17) is 5.73 Å². The van der Waals surface area contributed by atoms with Gasteiger partial charge in [0.1, 0.15) is 5.82 Å². The molecule has 0 heterocycles. The molecule has 0 aliphatic heterocycles. The fraction of sp³-hybridized carbons (Fsp3) is 0.400. The maximum Gasteiger partial charge on any atom is 0.143 e. The lowest BCUT2D eigenvalue weighted by Gasteiger charge is -2.16. The highest BCUT2D eigenvalue weighted by atomic mass is 79.9. The van der Waals surface area contributed by atoms with Gasteiger partial charge in [0.2, 0.25) is 0 Å². The van der Waals surface area contributed by atoms with E-state index in [1.165, 1.54) is 0 Å². The summed E-state index contributed by atoms with van der Waals surface area (Å²) in [5, 5.41) is 9.64. The van der Waals surface area contributed by atoms with Crippen LogP contribution in [0.15, 0.2) is 16.6 Å². The molecule has 4 heteroatoms. The number of benzene rings is 1. The van der Waals surface area contributed by atoms with Crippen LogP contribution >= 0.6 is 15.9 Å². The number of halogens is 2. The number of aryl methyl sites for hydroxylation is 1. The van der Waals surface area contributed by atoms with Crippen LogP contribution in [0.1, 0.15) is 24.2 Å². The molecule has 0 aliphatic carbocycles. The van der Waals surface area contributed by atoms with Crippen molar-refractivity contribution in [1.82, 2.24) is 0 Å². The standard InChI is InChI=1S/C10H13BrFNO/c1-5-3-7(10(14)6(2)13)9(12)8(11)4-5/h3-4,6,10,14H,13H2,1-2H3. The number of aliphatic hydroxyl groups excluding tert-OH is 1. The van der Waals surface area contributed by atoms with E-state index in [0.29, 0.717) is 4.47 Å². The molecule has 0 saturated heterocycles. The van der Waals surface area contributed by atoms with Gasteiger partial charge in [-0.25, -0.2) is 4.39 Å². The minimum atomic E-state index is -0.966. The normalized spacial score (nSPS) is 15.3. The summed E-state index contributed by atoms with van der Waals surface area (Å²) in [6.45, 7) is 3.47. The third-order valence-corrected chi connectivity index (χ3v) is 2.59. The van der Waals surface area contributed by atoms with Crippen LogP contribution < -0.4 is 5.73 Å². The van der Waals surface area contributed by atoms with Crippen molar-refractivity contribution in [3.05, 3.63) is 33.5 Å². The second-order valence-electron chi connectivity index (χ2n) is 3.45. The van der Waals surface area contributed by atoms with Gasteiger partial charge in [-0.3, -0.25) is 0 Å². The summed E-state index contributed by atoms with van der Waals surface area (Å²) in [6.07, 6.45) is -0.966. The third kappa shape index (κ3) is 2.32. The van der Waals surface area contributed by atoms with Crippen LogP contribution in [0, 0.1) is 12.7 Å². The Morgan fingerprint density at radius 3 is 2.57 bits per heavy atom. The number of rotatable bonds is 2. The lowest BCUT2D eigenvalue weighted by molar-refractivity contribution is 0.148. The van der Waals surface area contributed by atoms with E-state index < -0.39 is 18.0 Å². The topological polar surface area (TPSA) is 46.2 Å². The summed E-state index contributed by atoms with van der Waals surface area (Å²) in [5.74, 6) is -0.444. The molecule has 3 N–H and O–H groups in total. The van der Waals surface area contributed by atoms with Gasteiger partial charge in [-0.2, -0.15) is 0 Å². The Morgan fingerprint density at radius 1 is 1.50 bits per heavy atom. The highest BCUT2D eigenvalue weighted by molar-refractivity contribution is 9.10. The van der Waals surface area contributed by atoms with Crippen molar-refractivity contribution in [1.29, 1.82) is 0 Å². The van der Waals surface area contributed by atoms with Crippen molar-refractivity contribution in [2.75, 3.05) is 0 Å². The van der Waals surface area contributed by atoms with Gasteiger partial charge in [0.25, 0.3) is 0 Å². The van der Waals surface area contributed by atoms with Crippen LogP contribution in [-0.4, -0.2) is 11.1 Å². The Morgan fingerprint density at radius 2 is 2.07 bits per heavy atom. The van der Waals surface area contributed by atoms with Crippen LogP contribution in [0.3, 0.4) is 0 Å². The van der Waals surface area contributed by atoms with Crippen LogP contribution in [0.4, 0.5) is 4.39 Å². The molecule has 1 rings (SSSR count). The van der Waals surface area contributed by atoms with Gasteiger partial charge >= 0.3 is 0 Å². The zero-order valence-corrected chi connectivity index (χ0v) is 9.68. The van der Waals surface area contributed by atoms with E-state index in [9.17, 15) is 9.50 Å². The Bertz CT molecular complexity index is 341. The second kappa shape index (κ2) is 4.38. The van der Waals surface area contributed by atoms with E-state index >= 15 is 0 Å². The average molecular weight is 262 g/mol. The quantitative estimate of drug-likeness (QED) is 0.858. The summed E-state index contributed by atoms with van der Waals surface area (Å²) < 4.78 is 13.9. The molecule has 2 nitrogen and oxygen atoms in total. The molecule has 0 spiro atoms. The minimum Gasteiger partial charge on any atom is -0.387 e. The van der Waals surface area contributed by atoms with Gasteiger partial charge in [-0.1, -0.05) is 6.07 Å². The summed E-state index contributed by atoms with van der Waals surface area (Å²) in [5.41, 5.74) is 6.63. The van der Waals surface area contributed by atoms with Gasteiger partial charge in [-0.15, -0.1) is 0 Å². The fourth-order valence-electron chi connectivity index (χ4n) is 1.25. The van der Waals surface area contributed by atoms with Gasteiger partial charge in [0.05, 0.1) is 10.6 Å². The van der Waals surface area contributed by atoms with Crippen LogP contribution in [0.5, 0.6) is 0 Å². The molecule has 78 valence electrons. The zero-order valence-electron chi connectivity index (χ0n) is 8.09. The first kappa shape index (κ1) is 11.6. The molecule has 0 bridgehead atoms. The molecule has 0 saturated carbocycles. The van der Waals surface area contributed by atoms with Crippen molar-refractivity contribution in [3.8, 4) is 0 Å². The third-order valence-electron chi connectivity index (χ3n) is 2.02. The van der Waals surface area contributed by atoms with Gasteiger partial charge in [0.15, 0.2) is 0 Å². The Hall–Kier alpha value is -0.450. The molecule has 1 aromatic carbocycles. The predicted octanol–water partition coefficient (Wildman–Crippen LogP) is 2.28. The monoisotopic (exact) mass is 261 g/mol. The number of aliphatic hydroxyl groups is 1. The van der Waals surface area contributed by atoms with Crippen molar-refractivity contribution < 1.29 is 9.50 Å². The molecule has 0 radical (unpaired) electrons. The maximum absolute atomic E-state index is 13.5. The fourth-order valence-corrected chi connectivity index (χ4v) is 1.84. The zero-order chi connectivity index (χ0) is 10.9. The number of hydrogen-bond donors (Lipinski definition) is 2. The van der Waals surface area contributed by atoms with Crippen molar-refractivity contribution in [2.24, 2.45) is 5.73 Å². The maximum atomic E-state index is 13.5. The number of hydrogen-bond acceptors (Lipinski definition) is 2. The highest BCUT2D eigenvalue weighted by Crippen LogP contribution is 2.26. The van der Waals surface area contributed by atoms with E-state index in [2.05, 4.69) is 15.9 Å². The predicted molar refractivity (Wildman–Crippen MR) is 57.4 cm³/mol. The van der Waals surface area contributed by atoms with E-state index in [1.54, 1.807) is 19.1 Å². The highest BCUT2D eigenvalue weighted by Gasteiger charge is 2.18. The van der Waals surface area contributed by atoms with Crippen LogP contribution in [-0.2, 0) is 0 Å². The second-order valence-corrected chi connectivity index (χ2v) is 4.31. The summed E-state index contributed by atoms with van der Waals surface area (Å²) >= 11 is 3.09. The minimum absolute atomic E-state index is 0.242. The molecule has 1 aromatic rings. The van der Waals surface area contributed by atoms with Gasteiger partial charge in [-0.05, 0) is 41.4 Å². The average Bonchev–Trinajstić information content (AvgIpc) is 2.09. The molecule has 0 aliphatic rings. The molecule has 14 heavy (non-hydrogen) atoms. The summed E-state index contributed by atoms with van der Waals surface area (Å²) in [6, 6.07) is 2.78. The van der Waals surface area contributed by atoms with Crippen LogP contribution in [0.25, 0.3) is 0 Å². The van der Waals surface area contributed by atoms with E-state index in [0.717, 1.165) is 5.56 Å².